The van der Waals surface area contributed by atoms with Crippen molar-refractivity contribution >= 4 is 17.8 Å². The van der Waals surface area contributed by atoms with E-state index in [0.717, 1.165) is 12.8 Å². The Morgan fingerprint density at radius 1 is 1.47 bits per heavy atom. The van der Waals surface area contributed by atoms with E-state index in [4.69, 9.17) is 5.11 Å². The van der Waals surface area contributed by atoms with Gasteiger partial charge in [0.1, 0.15) is 6.04 Å². The monoisotopic (exact) mass is 212 g/mol. The molecule has 1 aliphatic carbocycles. The molecule has 3 N–H and O–H groups in total. The van der Waals surface area contributed by atoms with Gasteiger partial charge in [-0.25, -0.2) is 0 Å². The molecular formula is C9H12N2O4. The minimum absolute atomic E-state index is 0.0370. The number of hydrogen-bond acceptors (Lipinski definition) is 4. The summed E-state index contributed by atoms with van der Waals surface area (Å²) in [5.41, 5.74) is 0. The Kier molecular flexibility index (Phi) is 2.44. The Labute approximate surface area is 86.0 Å². The van der Waals surface area contributed by atoms with E-state index < -0.39 is 24.0 Å². The first kappa shape index (κ1) is 10.1. The molecule has 82 valence electrons. The minimum Gasteiger partial charge on any atom is -0.480 e. The second kappa shape index (κ2) is 3.62. The molecule has 1 heterocycles. The molecule has 2 aliphatic rings. The van der Waals surface area contributed by atoms with Crippen LogP contribution in [0.2, 0.25) is 0 Å². The number of hydrogen-bond donors (Lipinski definition) is 3. The number of carboxylic acid groups (broad SMARTS) is 1. The molecule has 2 fully saturated rings. The van der Waals surface area contributed by atoms with Gasteiger partial charge >= 0.3 is 5.97 Å². The average molecular weight is 212 g/mol. The second-order valence-electron chi connectivity index (χ2n) is 3.99. The van der Waals surface area contributed by atoms with Gasteiger partial charge < -0.3 is 5.11 Å². The number of carbonyl (C=O) groups excluding carboxylic acids is 2. The quantitative estimate of drug-likeness (QED) is 0.512. The lowest BCUT2D eigenvalue weighted by Gasteiger charge is -2.16. The van der Waals surface area contributed by atoms with E-state index in [1.54, 1.807) is 0 Å². The van der Waals surface area contributed by atoms with Gasteiger partial charge in [-0.2, -0.15) is 0 Å². The van der Waals surface area contributed by atoms with E-state index >= 15 is 0 Å². The van der Waals surface area contributed by atoms with Gasteiger partial charge in [-0.15, -0.1) is 0 Å². The fraction of sp³-hybridized carbons (Fsp3) is 0.667. The molecule has 2 atom stereocenters. The second-order valence-corrected chi connectivity index (χ2v) is 3.99. The molecule has 1 saturated carbocycles. The lowest BCUT2D eigenvalue weighted by Crippen LogP contribution is -2.47. The van der Waals surface area contributed by atoms with Crippen molar-refractivity contribution in [2.45, 2.75) is 31.3 Å². The predicted octanol–water partition coefficient (Wildman–Crippen LogP) is -1.15. The topological polar surface area (TPSA) is 95.5 Å². The van der Waals surface area contributed by atoms with Crippen LogP contribution < -0.4 is 10.6 Å². The van der Waals surface area contributed by atoms with Gasteiger partial charge in [0.05, 0.1) is 12.5 Å². The number of nitrogens with one attached hydrogen (secondary N) is 2. The van der Waals surface area contributed by atoms with Crippen molar-refractivity contribution in [3.05, 3.63) is 0 Å². The summed E-state index contributed by atoms with van der Waals surface area (Å²) in [4.78, 5) is 33.0. The molecule has 0 radical (unpaired) electrons. The molecule has 0 aromatic rings. The number of imide groups is 1. The normalized spacial score (nSPS) is 27.6. The van der Waals surface area contributed by atoms with Crippen molar-refractivity contribution in [2.75, 3.05) is 0 Å². The van der Waals surface area contributed by atoms with Crippen molar-refractivity contribution < 1.29 is 19.5 Å². The third-order valence-corrected chi connectivity index (χ3v) is 2.71. The Bertz CT molecular complexity index is 324. The summed E-state index contributed by atoms with van der Waals surface area (Å²) >= 11 is 0. The van der Waals surface area contributed by atoms with Gasteiger partial charge in [0, 0.05) is 0 Å². The minimum atomic E-state index is -0.954. The average Bonchev–Trinajstić information content (AvgIpc) is 2.90. The predicted molar refractivity (Wildman–Crippen MR) is 48.8 cm³/mol. The van der Waals surface area contributed by atoms with Crippen LogP contribution in [0, 0.1) is 5.92 Å². The molecule has 0 aromatic carbocycles. The maximum Gasteiger partial charge on any atom is 0.321 e. The maximum atomic E-state index is 11.2. The lowest BCUT2D eigenvalue weighted by atomic mass is 10.1. The van der Waals surface area contributed by atoms with Gasteiger partial charge in [0.25, 0.3) is 0 Å². The molecule has 15 heavy (non-hydrogen) atoms. The van der Waals surface area contributed by atoms with Crippen molar-refractivity contribution in [1.29, 1.82) is 0 Å². The number of carboxylic acids is 1. The van der Waals surface area contributed by atoms with Gasteiger partial charge in [-0.05, 0) is 18.8 Å². The highest BCUT2D eigenvalue weighted by molar-refractivity contribution is 6.05. The SMILES string of the molecule is O=C1CC(NC(C(=O)O)C2CC2)C(=O)N1. The molecular weight excluding hydrogens is 200 g/mol. The van der Waals surface area contributed by atoms with Crippen LogP contribution in [0.4, 0.5) is 0 Å². The zero-order valence-corrected chi connectivity index (χ0v) is 8.03. The summed E-state index contributed by atoms with van der Waals surface area (Å²) in [7, 11) is 0. The first-order valence-corrected chi connectivity index (χ1v) is 4.90. The van der Waals surface area contributed by atoms with E-state index in [1.165, 1.54) is 0 Å². The summed E-state index contributed by atoms with van der Waals surface area (Å²) in [6.07, 6.45) is 1.77. The maximum absolute atomic E-state index is 11.2. The fourth-order valence-electron chi connectivity index (χ4n) is 1.74. The third-order valence-electron chi connectivity index (χ3n) is 2.71. The Morgan fingerprint density at radius 3 is 2.53 bits per heavy atom. The highest BCUT2D eigenvalue weighted by atomic mass is 16.4. The van der Waals surface area contributed by atoms with Crippen LogP contribution in [-0.2, 0) is 14.4 Å². The highest BCUT2D eigenvalue weighted by Gasteiger charge is 2.40. The van der Waals surface area contributed by atoms with Crippen molar-refractivity contribution in [1.82, 2.24) is 10.6 Å². The van der Waals surface area contributed by atoms with Gasteiger partial charge in [-0.1, -0.05) is 0 Å². The molecule has 6 heteroatoms. The smallest absolute Gasteiger partial charge is 0.321 e. The highest BCUT2D eigenvalue weighted by Crippen LogP contribution is 2.33. The van der Waals surface area contributed by atoms with Crippen molar-refractivity contribution in [3.63, 3.8) is 0 Å². The van der Waals surface area contributed by atoms with Crippen LogP contribution >= 0.6 is 0 Å². The first-order valence-electron chi connectivity index (χ1n) is 4.90. The van der Waals surface area contributed by atoms with Crippen LogP contribution in [0.1, 0.15) is 19.3 Å². The zero-order valence-electron chi connectivity index (χ0n) is 8.03. The molecule has 2 amide bonds. The van der Waals surface area contributed by atoms with Crippen LogP contribution in [0.15, 0.2) is 0 Å². The van der Waals surface area contributed by atoms with Crippen LogP contribution in [0.25, 0.3) is 0 Å². The van der Waals surface area contributed by atoms with E-state index in [1.807, 2.05) is 0 Å². The Morgan fingerprint density at radius 2 is 2.13 bits per heavy atom. The molecule has 0 bridgehead atoms. The van der Waals surface area contributed by atoms with E-state index in [-0.39, 0.29) is 18.2 Å². The third kappa shape index (κ3) is 2.15. The molecule has 6 nitrogen and oxygen atoms in total. The van der Waals surface area contributed by atoms with Gasteiger partial charge in [0.15, 0.2) is 0 Å². The molecule has 2 unspecified atom stereocenters. The number of amides is 2. The largest absolute Gasteiger partial charge is 0.480 e. The standard InChI is InChI=1S/C9H12N2O4/c12-6-3-5(8(13)11-6)10-7(9(14)15)4-1-2-4/h4-5,7,10H,1-3H2,(H,14,15)(H,11,12,13). The van der Waals surface area contributed by atoms with Crippen molar-refractivity contribution in [2.24, 2.45) is 5.92 Å². The fourth-order valence-corrected chi connectivity index (χ4v) is 1.74. The Balaban J connectivity index is 1.97. The van der Waals surface area contributed by atoms with E-state index in [2.05, 4.69) is 10.6 Å². The number of rotatable bonds is 4. The zero-order chi connectivity index (χ0) is 11.0. The molecule has 0 spiro atoms. The Hall–Kier alpha value is -1.43. The summed E-state index contributed by atoms with van der Waals surface area (Å²) < 4.78 is 0. The van der Waals surface area contributed by atoms with Crippen LogP contribution in [0.5, 0.6) is 0 Å². The summed E-state index contributed by atoms with van der Waals surface area (Å²) in [5.74, 6) is -1.63. The number of aliphatic carboxylic acids is 1. The van der Waals surface area contributed by atoms with Gasteiger partial charge in [0.2, 0.25) is 11.8 Å². The van der Waals surface area contributed by atoms with Crippen LogP contribution in [0.3, 0.4) is 0 Å². The van der Waals surface area contributed by atoms with E-state index in [9.17, 15) is 14.4 Å². The van der Waals surface area contributed by atoms with Crippen LogP contribution in [-0.4, -0.2) is 35.0 Å². The van der Waals surface area contributed by atoms with E-state index in [0.29, 0.717) is 0 Å². The molecule has 2 rings (SSSR count). The summed E-state index contributed by atoms with van der Waals surface area (Å²) in [6, 6.07) is -1.38. The first-order chi connectivity index (χ1) is 7.08. The molecule has 0 aromatic heterocycles. The van der Waals surface area contributed by atoms with Crippen molar-refractivity contribution in [3.8, 4) is 0 Å². The molecule has 1 saturated heterocycles. The van der Waals surface area contributed by atoms with Gasteiger partial charge in [-0.3, -0.25) is 25.0 Å². The number of carbonyl (C=O) groups is 3. The summed E-state index contributed by atoms with van der Waals surface area (Å²) in [5, 5.41) is 13.8. The molecule has 1 aliphatic heterocycles. The summed E-state index contributed by atoms with van der Waals surface area (Å²) in [6.45, 7) is 0. The lowest BCUT2D eigenvalue weighted by molar-refractivity contribution is -0.140.